The molecule has 0 bridgehead atoms. The van der Waals surface area contributed by atoms with Crippen LogP contribution in [0.15, 0.2) is 0 Å². The Morgan fingerprint density at radius 3 is 2.62 bits per heavy atom. The van der Waals surface area contributed by atoms with Gasteiger partial charge in [-0.25, -0.2) is 8.42 Å². The third-order valence-electron chi connectivity index (χ3n) is 2.54. The fraction of sp³-hybridized carbons (Fsp3) is 1.00. The minimum absolute atomic E-state index is 0.00491. The Kier molecular flexibility index (Phi) is 3.70. The van der Waals surface area contributed by atoms with Crippen molar-refractivity contribution in [1.82, 2.24) is 4.31 Å². The van der Waals surface area contributed by atoms with Gasteiger partial charge in [0.1, 0.15) is 0 Å². The van der Waals surface area contributed by atoms with Gasteiger partial charge in [-0.3, -0.25) is 0 Å². The van der Waals surface area contributed by atoms with E-state index in [9.17, 15) is 8.42 Å². The molecule has 0 aromatic heterocycles. The fourth-order valence-corrected chi connectivity index (χ4v) is 3.61. The SMILES string of the molecule is CCC(CN)N1CCCCS1(=O)=O. The zero-order valence-corrected chi connectivity index (χ0v) is 8.89. The van der Waals surface area contributed by atoms with Crippen LogP contribution in [0, 0.1) is 0 Å². The van der Waals surface area contributed by atoms with Crippen LogP contribution in [0.5, 0.6) is 0 Å². The van der Waals surface area contributed by atoms with E-state index in [0.717, 1.165) is 19.3 Å². The number of hydrogen-bond donors (Lipinski definition) is 1. The average Bonchev–Trinajstić information content (AvgIpc) is 2.09. The van der Waals surface area contributed by atoms with Crippen molar-refractivity contribution in [3.8, 4) is 0 Å². The molecule has 1 rings (SSSR count). The summed E-state index contributed by atoms with van der Waals surface area (Å²) in [6.45, 7) is 3.05. The lowest BCUT2D eigenvalue weighted by atomic mass is 10.2. The van der Waals surface area contributed by atoms with Crippen LogP contribution in [0.2, 0.25) is 0 Å². The number of nitrogens with zero attached hydrogens (tertiary/aromatic N) is 1. The molecule has 0 aliphatic carbocycles. The summed E-state index contributed by atoms with van der Waals surface area (Å²) in [7, 11) is -2.99. The van der Waals surface area contributed by atoms with Crippen molar-refractivity contribution in [2.75, 3.05) is 18.8 Å². The second kappa shape index (κ2) is 4.39. The van der Waals surface area contributed by atoms with Crippen molar-refractivity contribution in [3.05, 3.63) is 0 Å². The highest BCUT2D eigenvalue weighted by Crippen LogP contribution is 2.17. The molecular formula is C8H18N2O2S. The highest BCUT2D eigenvalue weighted by atomic mass is 32.2. The molecule has 1 aliphatic heterocycles. The highest BCUT2D eigenvalue weighted by Gasteiger charge is 2.30. The smallest absolute Gasteiger partial charge is 0.214 e. The van der Waals surface area contributed by atoms with E-state index >= 15 is 0 Å². The molecule has 0 spiro atoms. The summed E-state index contributed by atoms with van der Waals surface area (Å²) in [4.78, 5) is 0. The Morgan fingerprint density at radius 2 is 2.15 bits per heavy atom. The molecule has 1 aliphatic rings. The highest BCUT2D eigenvalue weighted by molar-refractivity contribution is 7.89. The number of sulfonamides is 1. The Hall–Kier alpha value is -0.130. The van der Waals surface area contributed by atoms with Crippen LogP contribution in [0.3, 0.4) is 0 Å². The van der Waals surface area contributed by atoms with E-state index in [-0.39, 0.29) is 6.04 Å². The molecule has 1 fully saturated rings. The van der Waals surface area contributed by atoms with E-state index in [4.69, 9.17) is 5.73 Å². The second-order valence-corrected chi connectivity index (χ2v) is 5.47. The van der Waals surface area contributed by atoms with E-state index in [0.29, 0.717) is 18.8 Å². The van der Waals surface area contributed by atoms with E-state index in [1.165, 1.54) is 0 Å². The van der Waals surface area contributed by atoms with Gasteiger partial charge in [-0.05, 0) is 19.3 Å². The maximum Gasteiger partial charge on any atom is 0.214 e. The molecule has 1 unspecified atom stereocenters. The van der Waals surface area contributed by atoms with E-state index in [1.807, 2.05) is 6.92 Å². The third kappa shape index (κ3) is 2.42. The predicted molar refractivity (Wildman–Crippen MR) is 52.9 cm³/mol. The molecule has 0 amide bonds. The first-order valence-electron chi connectivity index (χ1n) is 4.81. The second-order valence-electron chi connectivity index (χ2n) is 3.43. The van der Waals surface area contributed by atoms with Crippen LogP contribution in [0.25, 0.3) is 0 Å². The topological polar surface area (TPSA) is 63.4 Å². The first kappa shape index (κ1) is 10.9. The Bertz CT molecular complexity index is 247. The maximum atomic E-state index is 11.6. The first-order valence-corrected chi connectivity index (χ1v) is 6.42. The van der Waals surface area contributed by atoms with E-state index in [1.54, 1.807) is 4.31 Å². The standard InChI is InChI=1S/C8H18N2O2S/c1-2-8(7-9)10-5-3-4-6-13(10,11)12/h8H,2-7,9H2,1H3. The molecule has 1 atom stereocenters. The van der Waals surface area contributed by atoms with Gasteiger partial charge < -0.3 is 5.73 Å². The van der Waals surface area contributed by atoms with Gasteiger partial charge in [-0.2, -0.15) is 4.31 Å². The largest absolute Gasteiger partial charge is 0.329 e. The number of hydrogen-bond acceptors (Lipinski definition) is 3. The van der Waals surface area contributed by atoms with Gasteiger partial charge in [0.15, 0.2) is 0 Å². The van der Waals surface area contributed by atoms with E-state index < -0.39 is 10.0 Å². The molecule has 13 heavy (non-hydrogen) atoms. The molecule has 1 heterocycles. The van der Waals surface area contributed by atoms with Gasteiger partial charge in [0.05, 0.1) is 5.75 Å². The van der Waals surface area contributed by atoms with Crippen LogP contribution < -0.4 is 5.73 Å². The Balaban J connectivity index is 2.75. The summed E-state index contributed by atoms with van der Waals surface area (Å²) in [5.41, 5.74) is 5.53. The minimum atomic E-state index is -2.99. The zero-order valence-electron chi connectivity index (χ0n) is 8.07. The van der Waals surface area contributed by atoms with E-state index in [2.05, 4.69) is 0 Å². The van der Waals surface area contributed by atoms with Crippen molar-refractivity contribution in [2.45, 2.75) is 32.2 Å². The van der Waals surface area contributed by atoms with Crippen LogP contribution in [-0.2, 0) is 10.0 Å². The quantitative estimate of drug-likeness (QED) is 0.715. The normalized spacial score (nSPS) is 25.7. The van der Waals surface area contributed by atoms with Crippen molar-refractivity contribution in [1.29, 1.82) is 0 Å². The van der Waals surface area contributed by atoms with Crippen LogP contribution in [-0.4, -0.2) is 37.6 Å². The summed E-state index contributed by atoms with van der Waals surface area (Å²) in [6, 6.07) is 0.00491. The van der Waals surface area contributed by atoms with Crippen molar-refractivity contribution < 1.29 is 8.42 Å². The van der Waals surface area contributed by atoms with Gasteiger partial charge in [0.2, 0.25) is 10.0 Å². The predicted octanol–water partition coefficient (Wildman–Crippen LogP) is 0.149. The lowest BCUT2D eigenvalue weighted by Gasteiger charge is -2.32. The van der Waals surface area contributed by atoms with Crippen molar-refractivity contribution >= 4 is 10.0 Å². The van der Waals surface area contributed by atoms with Crippen LogP contribution in [0.4, 0.5) is 0 Å². The molecule has 4 nitrogen and oxygen atoms in total. The summed E-state index contributed by atoms with van der Waals surface area (Å²) in [5, 5.41) is 0. The summed E-state index contributed by atoms with van der Waals surface area (Å²) in [6.07, 6.45) is 2.56. The number of rotatable bonds is 3. The average molecular weight is 206 g/mol. The van der Waals surface area contributed by atoms with Gasteiger partial charge >= 0.3 is 0 Å². The monoisotopic (exact) mass is 206 g/mol. The number of nitrogens with two attached hydrogens (primary N) is 1. The molecule has 1 saturated heterocycles. The van der Waals surface area contributed by atoms with Crippen molar-refractivity contribution in [2.24, 2.45) is 5.73 Å². The molecule has 78 valence electrons. The summed E-state index contributed by atoms with van der Waals surface area (Å²) in [5.74, 6) is 0.295. The molecule has 0 aromatic rings. The van der Waals surface area contributed by atoms with Crippen molar-refractivity contribution in [3.63, 3.8) is 0 Å². The molecule has 0 aromatic carbocycles. The minimum Gasteiger partial charge on any atom is -0.329 e. The summed E-state index contributed by atoms with van der Waals surface area (Å²) < 4.78 is 24.8. The lowest BCUT2D eigenvalue weighted by Crippen LogP contribution is -2.47. The summed E-state index contributed by atoms with van der Waals surface area (Å²) >= 11 is 0. The van der Waals surface area contributed by atoms with Crippen LogP contribution >= 0.6 is 0 Å². The first-order chi connectivity index (χ1) is 6.11. The molecule has 0 radical (unpaired) electrons. The zero-order chi connectivity index (χ0) is 9.90. The molecular weight excluding hydrogens is 188 g/mol. The molecule has 2 N–H and O–H groups in total. The van der Waals surface area contributed by atoms with Gasteiger partial charge in [0, 0.05) is 19.1 Å². The Morgan fingerprint density at radius 1 is 1.46 bits per heavy atom. The maximum absolute atomic E-state index is 11.6. The Labute approximate surface area is 80.1 Å². The fourth-order valence-electron chi connectivity index (χ4n) is 1.71. The van der Waals surface area contributed by atoms with Crippen LogP contribution in [0.1, 0.15) is 26.2 Å². The van der Waals surface area contributed by atoms with Gasteiger partial charge in [-0.1, -0.05) is 6.92 Å². The molecule has 0 saturated carbocycles. The van der Waals surface area contributed by atoms with Gasteiger partial charge in [-0.15, -0.1) is 0 Å². The molecule has 5 heteroatoms. The third-order valence-corrected chi connectivity index (χ3v) is 4.54. The lowest BCUT2D eigenvalue weighted by molar-refractivity contribution is 0.299. The van der Waals surface area contributed by atoms with Gasteiger partial charge in [0.25, 0.3) is 0 Å².